The maximum absolute atomic E-state index is 12.8. The lowest BCUT2D eigenvalue weighted by Gasteiger charge is -2.32. The molecular formula is C18H25FN2O4. The molecule has 138 valence electrons. The third-order valence-electron chi connectivity index (χ3n) is 4.32. The predicted octanol–water partition coefficient (Wildman–Crippen LogP) is 1.60. The van der Waals surface area contributed by atoms with Gasteiger partial charge in [-0.2, -0.15) is 0 Å². The molecule has 0 aromatic heterocycles. The molecule has 0 saturated carbocycles. The molecule has 1 aromatic carbocycles. The molecule has 1 fully saturated rings. The lowest BCUT2D eigenvalue weighted by atomic mass is 9.94. The van der Waals surface area contributed by atoms with Crippen molar-refractivity contribution in [2.75, 3.05) is 40.0 Å². The smallest absolute Gasteiger partial charge is 0.258 e. The van der Waals surface area contributed by atoms with E-state index in [0.717, 1.165) is 39.0 Å². The van der Waals surface area contributed by atoms with E-state index in [9.17, 15) is 14.0 Å². The molecule has 1 aliphatic heterocycles. The largest absolute Gasteiger partial charge is 0.484 e. The lowest BCUT2D eigenvalue weighted by Crippen LogP contribution is -2.44. The number of methoxy groups -OCH3 is 1. The van der Waals surface area contributed by atoms with Crippen molar-refractivity contribution in [1.82, 2.24) is 10.2 Å². The molecule has 0 unspecified atom stereocenters. The van der Waals surface area contributed by atoms with E-state index in [1.54, 1.807) is 12.0 Å². The first-order chi connectivity index (χ1) is 12.1. The average Bonchev–Trinajstić information content (AvgIpc) is 2.64. The summed E-state index contributed by atoms with van der Waals surface area (Å²) in [5.41, 5.74) is 0. The van der Waals surface area contributed by atoms with Gasteiger partial charge in [0, 0.05) is 26.8 Å². The molecule has 0 atom stereocenters. The van der Waals surface area contributed by atoms with Crippen LogP contribution in [0, 0.1) is 11.7 Å². The molecule has 0 bridgehead atoms. The number of nitrogens with zero attached hydrogens (tertiary/aromatic N) is 1. The van der Waals surface area contributed by atoms with Crippen LogP contribution in [0.3, 0.4) is 0 Å². The molecule has 0 radical (unpaired) electrons. The Balaban J connectivity index is 1.62. The van der Waals surface area contributed by atoms with Crippen molar-refractivity contribution >= 4 is 11.8 Å². The first-order valence-electron chi connectivity index (χ1n) is 8.50. The van der Waals surface area contributed by atoms with Crippen LogP contribution < -0.4 is 10.1 Å². The minimum absolute atomic E-state index is 0.0334. The van der Waals surface area contributed by atoms with Crippen molar-refractivity contribution in [3.63, 3.8) is 0 Å². The molecule has 1 aromatic rings. The van der Waals surface area contributed by atoms with Crippen LogP contribution in [0.1, 0.15) is 19.3 Å². The second kappa shape index (κ2) is 9.98. The number of carbonyl (C=O) groups excluding carboxylic acids is 2. The van der Waals surface area contributed by atoms with Gasteiger partial charge >= 0.3 is 0 Å². The molecule has 7 heteroatoms. The number of amides is 2. The number of rotatable bonds is 8. The summed E-state index contributed by atoms with van der Waals surface area (Å²) in [6, 6.07) is 5.41. The summed E-state index contributed by atoms with van der Waals surface area (Å²) in [6.07, 6.45) is 2.96. The van der Waals surface area contributed by atoms with Crippen LogP contribution in [0.4, 0.5) is 4.39 Å². The van der Waals surface area contributed by atoms with Crippen molar-refractivity contribution in [1.29, 1.82) is 0 Å². The van der Waals surface area contributed by atoms with Crippen LogP contribution in [-0.4, -0.2) is 56.7 Å². The summed E-state index contributed by atoms with van der Waals surface area (Å²) in [5.74, 6) is 0.171. The molecule has 0 spiro atoms. The van der Waals surface area contributed by atoms with Gasteiger partial charge in [-0.25, -0.2) is 4.39 Å². The van der Waals surface area contributed by atoms with Crippen molar-refractivity contribution in [2.45, 2.75) is 19.3 Å². The minimum Gasteiger partial charge on any atom is -0.484 e. The van der Waals surface area contributed by atoms with E-state index >= 15 is 0 Å². The van der Waals surface area contributed by atoms with Gasteiger partial charge in [0.15, 0.2) is 6.61 Å². The SMILES string of the molecule is COCCC1CCN(C(=O)CNC(=O)COc2ccc(F)cc2)CC1. The van der Waals surface area contributed by atoms with Gasteiger partial charge in [-0.3, -0.25) is 9.59 Å². The number of ether oxygens (including phenoxy) is 2. The van der Waals surface area contributed by atoms with Gasteiger partial charge in [-0.15, -0.1) is 0 Å². The van der Waals surface area contributed by atoms with Crippen molar-refractivity contribution < 1.29 is 23.5 Å². The van der Waals surface area contributed by atoms with Crippen LogP contribution in [0.25, 0.3) is 0 Å². The number of benzene rings is 1. The van der Waals surface area contributed by atoms with Gasteiger partial charge in [-0.1, -0.05) is 0 Å². The summed E-state index contributed by atoms with van der Waals surface area (Å²) >= 11 is 0. The highest BCUT2D eigenvalue weighted by Crippen LogP contribution is 2.20. The Hall–Kier alpha value is -2.15. The zero-order chi connectivity index (χ0) is 18.1. The summed E-state index contributed by atoms with van der Waals surface area (Å²) in [5, 5.41) is 2.56. The van der Waals surface area contributed by atoms with E-state index in [1.165, 1.54) is 24.3 Å². The van der Waals surface area contributed by atoms with E-state index in [4.69, 9.17) is 9.47 Å². The van der Waals surface area contributed by atoms with Crippen LogP contribution >= 0.6 is 0 Å². The zero-order valence-electron chi connectivity index (χ0n) is 14.5. The third-order valence-corrected chi connectivity index (χ3v) is 4.32. The van der Waals surface area contributed by atoms with E-state index in [2.05, 4.69) is 5.32 Å². The molecule has 1 N–H and O–H groups in total. The molecule has 6 nitrogen and oxygen atoms in total. The molecular weight excluding hydrogens is 327 g/mol. The lowest BCUT2D eigenvalue weighted by molar-refractivity contribution is -0.134. The highest BCUT2D eigenvalue weighted by Gasteiger charge is 2.22. The normalized spacial score (nSPS) is 15.0. The Morgan fingerprint density at radius 3 is 2.56 bits per heavy atom. The van der Waals surface area contributed by atoms with Gasteiger partial charge in [0.05, 0.1) is 6.54 Å². The number of piperidine rings is 1. The Morgan fingerprint density at radius 1 is 1.24 bits per heavy atom. The van der Waals surface area contributed by atoms with Crippen LogP contribution in [0.2, 0.25) is 0 Å². The number of halogens is 1. The fourth-order valence-corrected chi connectivity index (χ4v) is 2.77. The van der Waals surface area contributed by atoms with Gasteiger partial charge in [0.2, 0.25) is 5.91 Å². The van der Waals surface area contributed by atoms with Gasteiger partial charge in [0.25, 0.3) is 5.91 Å². The maximum atomic E-state index is 12.8. The fraction of sp³-hybridized carbons (Fsp3) is 0.556. The monoisotopic (exact) mass is 352 g/mol. The standard InChI is InChI=1S/C18H25FN2O4/c1-24-11-8-14-6-9-21(10-7-14)18(23)12-20-17(22)13-25-16-4-2-15(19)3-5-16/h2-5,14H,6-13H2,1H3,(H,20,22). The molecule has 25 heavy (non-hydrogen) atoms. The average molecular weight is 352 g/mol. The number of hydrogen-bond acceptors (Lipinski definition) is 4. The zero-order valence-corrected chi connectivity index (χ0v) is 14.5. The Labute approximate surface area is 147 Å². The molecule has 2 rings (SSSR count). The minimum atomic E-state index is -0.382. The van der Waals surface area contributed by atoms with Gasteiger partial charge < -0.3 is 19.7 Å². The fourth-order valence-electron chi connectivity index (χ4n) is 2.77. The quantitative estimate of drug-likeness (QED) is 0.772. The van der Waals surface area contributed by atoms with Crippen molar-refractivity contribution in [3.8, 4) is 5.75 Å². The Bertz CT molecular complexity index is 557. The highest BCUT2D eigenvalue weighted by molar-refractivity contribution is 5.85. The van der Waals surface area contributed by atoms with Crippen LogP contribution in [-0.2, 0) is 14.3 Å². The summed E-state index contributed by atoms with van der Waals surface area (Å²) in [4.78, 5) is 25.7. The van der Waals surface area contributed by atoms with E-state index in [-0.39, 0.29) is 30.8 Å². The maximum Gasteiger partial charge on any atom is 0.258 e. The Morgan fingerprint density at radius 2 is 1.92 bits per heavy atom. The van der Waals surface area contributed by atoms with Crippen LogP contribution in [0.15, 0.2) is 24.3 Å². The third kappa shape index (κ3) is 6.70. The van der Waals surface area contributed by atoms with Gasteiger partial charge in [0.1, 0.15) is 11.6 Å². The number of nitrogens with one attached hydrogen (secondary N) is 1. The van der Waals surface area contributed by atoms with E-state index in [0.29, 0.717) is 11.7 Å². The van der Waals surface area contributed by atoms with E-state index in [1.807, 2.05) is 0 Å². The van der Waals surface area contributed by atoms with Gasteiger partial charge in [-0.05, 0) is 49.4 Å². The molecule has 1 heterocycles. The highest BCUT2D eigenvalue weighted by atomic mass is 19.1. The number of hydrogen-bond donors (Lipinski definition) is 1. The summed E-state index contributed by atoms with van der Waals surface area (Å²) in [7, 11) is 1.70. The van der Waals surface area contributed by atoms with E-state index < -0.39 is 0 Å². The topological polar surface area (TPSA) is 67.9 Å². The first kappa shape index (κ1) is 19.2. The number of carbonyl (C=O) groups is 2. The Kier molecular flexibility index (Phi) is 7.66. The molecule has 1 saturated heterocycles. The molecule has 2 amide bonds. The first-order valence-corrected chi connectivity index (χ1v) is 8.50. The van der Waals surface area contributed by atoms with Crippen molar-refractivity contribution in [3.05, 3.63) is 30.1 Å². The second-order valence-electron chi connectivity index (χ2n) is 6.12. The second-order valence-corrected chi connectivity index (χ2v) is 6.12. The predicted molar refractivity (Wildman–Crippen MR) is 90.7 cm³/mol. The molecule has 0 aliphatic carbocycles. The molecule has 1 aliphatic rings. The summed E-state index contributed by atoms with van der Waals surface area (Å²) in [6.45, 7) is 1.94. The summed E-state index contributed by atoms with van der Waals surface area (Å²) < 4.78 is 23.1. The number of likely N-dealkylation sites (tertiary alicyclic amines) is 1. The van der Waals surface area contributed by atoms with Crippen molar-refractivity contribution in [2.24, 2.45) is 5.92 Å². The van der Waals surface area contributed by atoms with Crippen LogP contribution in [0.5, 0.6) is 5.75 Å².